The molecule has 0 N–H and O–H groups in total. The summed E-state index contributed by atoms with van der Waals surface area (Å²) in [6.45, 7) is 3.73. The van der Waals surface area contributed by atoms with Crippen LogP contribution in [-0.4, -0.2) is 42.9 Å². The van der Waals surface area contributed by atoms with Crippen LogP contribution in [-0.2, 0) is 9.47 Å². The topological polar surface area (TPSA) is 38.5 Å². The summed E-state index contributed by atoms with van der Waals surface area (Å²) in [6, 6.07) is 0.704. The summed E-state index contributed by atoms with van der Waals surface area (Å²) in [5, 5.41) is 0. The molecule has 2 fully saturated rings. The molecule has 12 heavy (non-hydrogen) atoms. The van der Waals surface area contributed by atoms with Gasteiger partial charge in [0, 0.05) is 6.61 Å². The van der Waals surface area contributed by atoms with Gasteiger partial charge in [0.15, 0.2) is 0 Å². The molecular weight excluding hydrogens is 158 g/mol. The van der Waals surface area contributed by atoms with Crippen molar-refractivity contribution >= 4 is 6.09 Å². The van der Waals surface area contributed by atoms with E-state index in [1.807, 2.05) is 6.92 Å². The largest absolute Gasteiger partial charge is 0.450 e. The summed E-state index contributed by atoms with van der Waals surface area (Å²) in [4.78, 5) is 13.0. The number of ether oxygens (including phenoxy) is 2. The standard InChI is InChI=1S/C8H13NO3/c1-2-12-8(10)9-6-3-4-11-5-7(6)9/h6-7H,2-5H2,1H3. The maximum atomic E-state index is 11.2. The number of rotatable bonds is 1. The average molecular weight is 171 g/mol. The van der Waals surface area contributed by atoms with Crippen molar-refractivity contribution in [1.82, 2.24) is 4.90 Å². The lowest BCUT2D eigenvalue weighted by atomic mass is 10.2. The van der Waals surface area contributed by atoms with E-state index in [2.05, 4.69) is 0 Å². The molecule has 0 aromatic rings. The number of carbonyl (C=O) groups excluding carboxylic acids is 1. The molecule has 2 atom stereocenters. The van der Waals surface area contributed by atoms with Crippen molar-refractivity contribution in [3.05, 3.63) is 0 Å². The zero-order valence-corrected chi connectivity index (χ0v) is 7.16. The van der Waals surface area contributed by atoms with E-state index in [1.54, 1.807) is 4.90 Å². The zero-order chi connectivity index (χ0) is 8.55. The van der Waals surface area contributed by atoms with Crippen LogP contribution in [0.2, 0.25) is 0 Å². The Kier molecular flexibility index (Phi) is 1.92. The predicted molar refractivity (Wildman–Crippen MR) is 41.9 cm³/mol. The number of hydrogen-bond acceptors (Lipinski definition) is 3. The molecule has 0 aromatic heterocycles. The van der Waals surface area contributed by atoms with E-state index < -0.39 is 0 Å². The molecule has 4 nitrogen and oxygen atoms in total. The van der Waals surface area contributed by atoms with Gasteiger partial charge < -0.3 is 9.47 Å². The molecule has 0 bridgehead atoms. The first-order valence-corrected chi connectivity index (χ1v) is 4.37. The molecule has 2 heterocycles. The van der Waals surface area contributed by atoms with Crippen LogP contribution in [0.4, 0.5) is 4.79 Å². The molecule has 0 radical (unpaired) electrons. The fourth-order valence-electron chi connectivity index (χ4n) is 1.73. The van der Waals surface area contributed by atoms with Gasteiger partial charge in [-0.3, -0.25) is 4.90 Å². The van der Waals surface area contributed by atoms with Gasteiger partial charge in [0.2, 0.25) is 0 Å². The van der Waals surface area contributed by atoms with E-state index in [0.29, 0.717) is 25.3 Å². The SMILES string of the molecule is CCOC(=O)N1C2CCOCC21. The molecule has 2 unspecified atom stereocenters. The van der Waals surface area contributed by atoms with Gasteiger partial charge in [-0.05, 0) is 13.3 Å². The first kappa shape index (κ1) is 7.86. The second-order valence-corrected chi connectivity index (χ2v) is 3.10. The third-order valence-corrected chi connectivity index (χ3v) is 2.39. The second-order valence-electron chi connectivity index (χ2n) is 3.10. The van der Waals surface area contributed by atoms with Crippen LogP contribution in [0.15, 0.2) is 0 Å². The highest BCUT2D eigenvalue weighted by molar-refractivity contribution is 5.72. The van der Waals surface area contributed by atoms with Crippen molar-refractivity contribution < 1.29 is 14.3 Å². The van der Waals surface area contributed by atoms with Gasteiger partial charge in [0.05, 0.1) is 25.3 Å². The van der Waals surface area contributed by atoms with Gasteiger partial charge in [-0.25, -0.2) is 4.79 Å². The van der Waals surface area contributed by atoms with Gasteiger partial charge in [-0.1, -0.05) is 0 Å². The summed E-state index contributed by atoms with van der Waals surface area (Å²) in [5.41, 5.74) is 0. The van der Waals surface area contributed by atoms with Crippen LogP contribution in [0.1, 0.15) is 13.3 Å². The van der Waals surface area contributed by atoms with E-state index in [0.717, 1.165) is 13.0 Å². The van der Waals surface area contributed by atoms with Crippen molar-refractivity contribution in [3.63, 3.8) is 0 Å². The molecule has 0 saturated carbocycles. The number of amides is 1. The monoisotopic (exact) mass is 171 g/mol. The Balaban J connectivity index is 1.87. The molecule has 0 aliphatic carbocycles. The van der Waals surface area contributed by atoms with Gasteiger partial charge in [-0.15, -0.1) is 0 Å². The minimum atomic E-state index is -0.182. The molecule has 2 aliphatic heterocycles. The second kappa shape index (κ2) is 2.94. The highest BCUT2D eigenvalue weighted by Gasteiger charge is 2.53. The van der Waals surface area contributed by atoms with Crippen molar-refractivity contribution in [3.8, 4) is 0 Å². The van der Waals surface area contributed by atoms with E-state index in [-0.39, 0.29) is 6.09 Å². The highest BCUT2D eigenvalue weighted by Crippen LogP contribution is 2.34. The predicted octanol–water partition coefficient (Wildman–Crippen LogP) is 0.616. The summed E-state index contributed by atoms with van der Waals surface area (Å²) < 4.78 is 10.1. The van der Waals surface area contributed by atoms with Gasteiger partial charge in [-0.2, -0.15) is 0 Å². The van der Waals surface area contributed by atoms with Crippen molar-refractivity contribution in [1.29, 1.82) is 0 Å². The average Bonchev–Trinajstić information content (AvgIpc) is 2.78. The van der Waals surface area contributed by atoms with Crippen LogP contribution in [0, 0.1) is 0 Å². The molecule has 2 saturated heterocycles. The van der Waals surface area contributed by atoms with Gasteiger partial charge >= 0.3 is 6.09 Å². The first-order chi connectivity index (χ1) is 5.84. The molecule has 2 aliphatic rings. The van der Waals surface area contributed by atoms with E-state index in [4.69, 9.17) is 9.47 Å². The zero-order valence-electron chi connectivity index (χ0n) is 7.16. The third-order valence-electron chi connectivity index (χ3n) is 2.39. The van der Waals surface area contributed by atoms with E-state index >= 15 is 0 Å². The highest BCUT2D eigenvalue weighted by atomic mass is 16.6. The molecule has 68 valence electrons. The Bertz CT molecular complexity index is 183. The van der Waals surface area contributed by atoms with Gasteiger partial charge in [0.25, 0.3) is 0 Å². The fraction of sp³-hybridized carbons (Fsp3) is 0.875. The normalized spacial score (nSPS) is 32.6. The third kappa shape index (κ3) is 1.16. The van der Waals surface area contributed by atoms with Crippen LogP contribution in [0.25, 0.3) is 0 Å². The Morgan fingerprint density at radius 3 is 3.08 bits per heavy atom. The lowest BCUT2D eigenvalue weighted by molar-refractivity contribution is 0.110. The Hall–Kier alpha value is -0.770. The van der Waals surface area contributed by atoms with Gasteiger partial charge in [0.1, 0.15) is 0 Å². The molecule has 0 aromatic carbocycles. The molecule has 2 rings (SSSR count). The number of carbonyl (C=O) groups is 1. The van der Waals surface area contributed by atoms with Crippen molar-refractivity contribution in [2.45, 2.75) is 25.4 Å². The Morgan fingerprint density at radius 2 is 2.50 bits per heavy atom. The lowest BCUT2D eigenvalue weighted by Crippen LogP contribution is -2.16. The summed E-state index contributed by atoms with van der Waals surface area (Å²) in [7, 11) is 0. The van der Waals surface area contributed by atoms with Crippen LogP contribution in [0.3, 0.4) is 0 Å². The molecular formula is C8H13NO3. The molecule has 0 spiro atoms. The van der Waals surface area contributed by atoms with Crippen molar-refractivity contribution in [2.24, 2.45) is 0 Å². The Morgan fingerprint density at radius 1 is 1.67 bits per heavy atom. The van der Waals surface area contributed by atoms with Crippen molar-refractivity contribution in [2.75, 3.05) is 19.8 Å². The molecule has 1 amide bonds. The fourth-order valence-corrected chi connectivity index (χ4v) is 1.73. The molecule has 4 heteroatoms. The van der Waals surface area contributed by atoms with Crippen LogP contribution >= 0.6 is 0 Å². The summed E-state index contributed by atoms with van der Waals surface area (Å²) in [6.07, 6.45) is 0.779. The Labute approximate surface area is 71.4 Å². The minimum Gasteiger partial charge on any atom is -0.450 e. The smallest absolute Gasteiger partial charge is 0.410 e. The number of fused-ring (bicyclic) bond motifs is 1. The summed E-state index contributed by atoms with van der Waals surface area (Å²) in [5.74, 6) is 0. The summed E-state index contributed by atoms with van der Waals surface area (Å²) >= 11 is 0. The van der Waals surface area contributed by atoms with Crippen LogP contribution in [0.5, 0.6) is 0 Å². The minimum absolute atomic E-state index is 0.182. The van der Waals surface area contributed by atoms with Crippen LogP contribution < -0.4 is 0 Å². The maximum Gasteiger partial charge on any atom is 0.410 e. The first-order valence-electron chi connectivity index (χ1n) is 4.37. The lowest BCUT2D eigenvalue weighted by Gasteiger charge is -2.04. The number of hydrogen-bond donors (Lipinski definition) is 0. The number of nitrogens with zero attached hydrogens (tertiary/aromatic N) is 1. The van der Waals surface area contributed by atoms with E-state index in [9.17, 15) is 4.79 Å². The van der Waals surface area contributed by atoms with E-state index in [1.165, 1.54) is 0 Å². The quantitative estimate of drug-likeness (QED) is 0.543. The maximum absolute atomic E-state index is 11.2.